The Bertz CT molecular complexity index is 326. The maximum absolute atomic E-state index is 13.0. The van der Waals surface area contributed by atoms with E-state index in [1.165, 1.54) is 12.3 Å². The SMILES string of the molecule is CNCc1cc(F)cnc1N(C)C(C)C. The standard InChI is InChI=1S/C11H18FN3/c1-8(2)15(4)11-9(6-13-3)5-10(12)7-14-11/h5,7-8,13H,6H2,1-4H3. The third-order valence-corrected chi connectivity index (χ3v) is 2.39. The van der Waals surface area contributed by atoms with Crippen molar-refractivity contribution in [3.05, 3.63) is 23.6 Å². The van der Waals surface area contributed by atoms with E-state index in [1.54, 1.807) is 0 Å². The van der Waals surface area contributed by atoms with Gasteiger partial charge in [0.05, 0.1) is 6.20 Å². The van der Waals surface area contributed by atoms with Crippen LogP contribution < -0.4 is 10.2 Å². The van der Waals surface area contributed by atoms with Gasteiger partial charge in [-0.2, -0.15) is 0 Å². The Hall–Kier alpha value is -1.16. The molecule has 0 aromatic carbocycles. The van der Waals surface area contributed by atoms with Crippen molar-refractivity contribution in [1.29, 1.82) is 0 Å². The molecule has 0 amide bonds. The van der Waals surface area contributed by atoms with E-state index in [2.05, 4.69) is 24.1 Å². The molecule has 3 nitrogen and oxygen atoms in total. The highest BCUT2D eigenvalue weighted by Crippen LogP contribution is 2.18. The summed E-state index contributed by atoms with van der Waals surface area (Å²) in [7, 11) is 3.80. The van der Waals surface area contributed by atoms with Gasteiger partial charge in [-0.05, 0) is 27.0 Å². The van der Waals surface area contributed by atoms with Gasteiger partial charge in [0.2, 0.25) is 0 Å². The zero-order chi connectivity index (χ0) is 11.4. The second kappa shape index (κ2) is 5.07. The molecule has 1 N–H and O–H groups in total. The van der Waals surface area contributed by atoms with Crippen LogP contribution in [-0.4, -0.2) is 25.1 Å². The smallest absolute Gasteiger partial charge is 0.141 e. The first kappa shape index (κ1) is 11.9. The molecule has 0 aliphatic rings. The van der Waals surface area contributed by atoms with Crippen molar-refractivity contribution < 1.29 is 4.39 Å². The molecule has 1 aromatic heterocycles. The number of aromatic nitrogens is 1. The molecule has 0 aliphatic heterocycles. The van der Waals surface area contributed by atoms with Crippen molar-refractivity contribution >= 4 is 5.82 Å². The molecule has 1 aromatic rings. The van der Waals surface area contributed by atoms with E-state index < -0.39 is 0 Å². The van der Waals surface area contributed by atoms with Crippen LogP contribution in [0.2, 0.25) is 0 Å². The maximum Gasteiger partial charge on any atom is 0.141 e. The molecule has 84 valence electrons. The van der Waals surface area contributed by atoms with Crippen LogP contribution in [0, 0.1) is 5.82 Å². The minimum Gasteiger partial charge on any atom is -0.357 e. The van der Waals surface area contributed by atoms with Crippen molar-refractivity contribution in [2.45, 2.75) is 26.4 Å². The third kappa shape index (κ3) is 2.89. The highest BCUT2D eigenvalue weighted by Gasteiger charge is 2.12. The fourth-order valence-electron chi connectivity index (χ4n) is 1.36. The summed E-state index contributed by atoms with van der Waals surface area (Å²) >= 11 is 0. The summed E-state index contributed by atoms with van der Waals surface area (Å²) in [6.45, 7) is 4.78. The molecule has 15 heavy (non-hydrogen) atoms. The van der Waals surface area contributed by atoms with Gasteiger partial charge in [-0.15, -0.1) is 0 Å². The lowest BCUT2D eigenvalue weighted by Gasteiger charge is -2.24. The molecule has 0 fully saturated rings. The highest BCUT2D eigenvalue weighted by atomic mass is 19.1. The van der Waals surface area contributed by atoms with Crippen LogP contribution in [0.25, 0.3) is 0 Å². The number of anilines is 1. The van der Waals surface area contributed by atoms with E-state index >= 15 is 0 Å². The Balaban J connectivity index is 3.04. The molecule has 1 rings (SSSR count). The van der Waals surface area contributed by atoms with Gasteiger partial charge in [-0.3, -0.25) is 0 Å². The van der Waals surface area contributed by atoms with Crippen molar-refractivity contribution in [3.63, 3.8) is 0 Å². The van der Waals surface area contributed by atoms with Gasteiger partial charge in [-0.25, -0.2) is 9.37 Å². The van der Waals surface area contributed by atoms with Gasteiger partial charge in [0.15, 0.2) is 0 Å². The minimum atomic E-state index is -0.291. The van der Waals surface area contributed by atoms with Crippen LogP contribution in [0.1, 0.15) is 19.4 Å². The summed E-state index contributed by atoms with van der Waals surface area (Å²) in [5.74, 6) is 0.543. The maximum atomic E-state index is 13.0. The second-order valence-electron chi connectivity index (χ2n) is 3.87. The average Bonchev–Trinajstić information content (AvgIpc) is 2.17. The van der Waals surface area contributed by atoms with Gasteiger partial charge in [0, 0.05) is 25.2 Å². The molecule has 0 saturated carbocycles. The summed E-state index contributed by atoms with van der Waals surface area (Å²) in [6.07, 6.45) is 1.26. The third-order valence-electron chi connectivity index (χ3n) is 2.39. The zero-order valence-electron chi connectivity index (χ0n) is 9.71. The first-order valence-electron chi connectivity index (χ1n) is 5.08. The molecule has 0 bridgehead atoms. The number of nitrogens with zero attached hydrogens (tertiary/aromatic N) is 2. The Morgan fingerprint density at radius 2 is 2.20 bits per heavy atom. The van der Waals surface area contributed by atoms with E-state index in [0.717, 1.165) is 11.4 Å². The summed E-state index contributed by atoms with van der Waals surface area (Å²) in [6, 6.07) is 1.87. The molecule has 0 unspecified atom stereocenters. The second-order valence-corrected chi connectivity index (χ2v) is 3.87. The summed E-state index contributed by atoms with van der Waals surface area (Å²) in [5, 5.41) is 3.01. The van der Waals surface area contributed by atoms with E-state index in [9.17, 15) is 4.39 Å². The molecule has 4 heteroatoms. The van der Waals surface area contributed by atoms with Crippen molar-refractivity contribution in [1.82, 2.24) is 10.3 Å². The minimum absolute atomic E-state index is 0.291. The lowest BCUT2D eigenvalue weighted by atomic mass is 10.2. The first-order chi connectivity index (χ1) is 7.06. The Morgan fingerprint density at radius 1 is 1.53 bits per heavy atom. The molecule has 0 atom stereocenters. The average molecular weight is 211 g/mol. The van der Waals surface area contributed by atoms with Crippen molar-refractivity contribution in [3.8, 4) is 0 Å². The van der Waals surface area contributed by atoms with E-state index in [0.29, 0.717) is 12.6 Å². The number of pyridine rings is 1. The van der Waals surface area contributed by atoms with E-state index in [1.807, 2.05) is 19.0 Å². The zero-order valence-corrected chi connectivity index (χ0v) is 9.71. The lowest BCUT2D eigenvalue weighted by molar-refractivity contribution is 0.613. The Kier molecular flexibility index (Phi) is 4.03. The molecular weight excluding hydrogens is 193 g/mol. The van der Waals surface area contributed by atoms with Crippen molar-refractivity contribution in [2.24, 2.45) is 0 Å². The molecule has 0 aliphatic carbocycles. The number of hydrogen-bond acceptors (Lipinski definition) is 3. The number of hydrogen-bond donors (Lipinski definition) is 1. The lowest BCUT2D eigenvalue weighted by Crippen LogP contribution is -2.28. The van der Waals surface area contributed by atoms with Gasteiger partial charge in [-0.1, -0.05) is 0 Å². The molecule has 0 radical (unpaired) electrons. The number of nitrogens with one attached hydrogen (secondary N) is 1. The number of halogens is 1. The first-order valence-corrected chi connectivity index (χ1v) is 5.08. The van der Waals surface area contributed by atoms with Gasteiger partial charge >= 0.3 is 0 Å². The molecule has 0 spiro atoms. The largest absolute Gasteiger partial charge is 0.357 e. The fourth-order valence-corrected chi connectivity index (χ4v) is 1.36. The van der Waals surface area contributed by atoms with Crippen LogP contribution in [0.15, 0.2) is 12.3 Å². The van der Waals surface area contributed by atoms with Gasteiger partial charge in [0.25, 0.3) is 0 Å². The van der Waals surface area contributed by atoms with Crippen LogP contribution in [0.4, 0.5) is 10.2 Å². The predicted octanol–water partition coefficient (Wildman–Crippen LogP) is 1.78. The van der Waals surface area contributed by atoms with Crippen molar-refractivity contribution in [2.75, 3.05) is 19.0 Å². The van der Waals surface area contributed by atoms with Gasteiger partial charge < -0.3 is 10.2 Å². The Morgan fingerprint density at radius 3 is 2.73 bits per heavy atom. The molecular formula is C11H18FN3. The summed E-state index contributed by atoms with van der Waals surface area (Å²) in [4.78, 5) is 6.16. The topological polar surface area (TPSA) is 28.2 Å². The van der Waals surface area contributed by atoms with Crippen LogP contribution in [-0.2, 0) is 6.54 Å². The quantitative estimate of drug-likeness (QED) is 0.823. The Labute approximate surface area is 90.3 Å². The predicted molar refractivity (Wildman–Crippen MR) is 60.5 cm³/mol. The van der Waals surface area contributed by atoms with Crippen LogP contribution >= 0.6 is 0 Å². The van der Waals surface area contributed by atoms with E-state index in [4.69, 9.17) is 0 Å². The normalized spacial score (nSPS) is 10.8. The summed E-state index contributed by atoms with van der Waals surface area (Å²) < 4.78 is 13.0. The summed E-state index contributed by atoms with van der Waals surface area (Å²) in [5.41, 5.74) is 0.883. The molecule has 0 saturated heterocycles. The fraction of sp³-hybridized carbons (Fsp3) is 0.545. The monoisotopic (exact) mass is 211 g/mol. The number of rotatable bonds is 4. The van der Waals surface area contributed by atoms with Crippen LogP contribution in [0.3, 0.4) is 0 Å². The van der Waals surface area contributed by atoms with E-state index in [-0.39, 0.29) is 5.82 Å². The van der Waals surface area contributed by atoms with Gasteiger partial charge in [0.1, 0.15) is 11.6 Å². The molecule has 1 heterocycles. The highest BCUT2D eigenvalue weighted by molar-refractivity contribution is 5.46. The van der Waals surface area contributed by atoms with Crippen LogP contribution in [0.5, 0.6) is 0 Å².